The highest BCUT2D eigenvalue weighted by Crippen LogP contribution is 2.45. The van der Waals surface area contributed by atoms with Crippen LogP contribution in [0.1, 0.15) is 351 Å². The molecule has 0 aliphatic rings. The highest BCUT2D eigenvalue weighted by Gasteiger charge is 2.30. The van der Waals surface area contributed by atoms with Gasteiger partial charge in [0.1, 0.15) is 19.3 Å². The second-order valence-electron chi connectivity index (χ2n) is 27.1. The van der Waals surface area contributed by atoms with Crippen molar-refractivity contribution >= 4 is 39.5 Å². The summed E-state index contributed by atoms with van der Waals surface area (Å²) in [4.78, 5) is 72.6. The lowest BCUT2D eigenvalue weighted by molar-refractivity contribution is -0.161. The number of rotatable bonds is 68. The Kier molecular flexibility index (Phi) is 59.4. The van der Waals surface area contributed by atoms with E-state index < -0.39 is 97.5 Å². The van der Waals surface area contributed by atoms with Crippen molar-refractivity contribution in [2.75, 3.05) is 39.6 Å². The standard InChI is InChI=1S/C71H138O17P2/c1-9-63(7)49-41-33-24-19-21-26-35-43-51-68(73)81-57-66(87-70(75)53-45-37-27-18-16-14-12-11-13-15-17-23-31-39-47-61(3)4)59-85-89(77,78)83-55-65(72)56-84-90(79,80)86-60-67(58-82-69(74)52-44-36-30-29-32-40-48-62(5)6)88-71(76)54-46-38-28-22-20-25-34-42-50-64(8)10-2/h61-67,72H,9-60H2,1-8H3,(H,77,78)(H,79,80)/t63?,64?,65-,66-,67-/m1/s1. The van der Waals surface area contributed by atoms with Gasteiger partial charge < -0.3 is 33.8 Å². The first-order chi connectivity index (χ1) is 43.2. The van der Waals surface area contributed by atoms with Crippen LogP contribution in [0.2, 0.25) is 0 Å². The second kappa shape index (κ2) is 60.7. The Hall–Kier alpha value is -1.94. The molecule has 3 N–H and O–H groups in total. The fraction of sp³-hybridized carbons (Fsp3) is 0.944. The molecule has 0 fully saturated rings. The van der Waals surface area contributed by atoms with E-state index >= 15 is 0 Å². The van der Waals surface area contributed by atoms with Crippen molar-refractivity contribution in [3.8, 4) is 0 Å². The van der Waals surface area contributed by atoms with Gasteiger partial charge >= 0.3 is 39.5 Å². The lowest BCUT2D eigenvalue weighted by Crippen LogP contribution is -2.30. The van der Waals surface area contributed by atoms with Gasteiger partial charge in [-0.25, -0.2) is 9.13 Å². The van der Waals surface area contributed by atoms with Gasteiger partial charge in [-0.3, -0.25) is 37.3 Å². The number of aliphatic hydroxyl groups is 1. The normalized spacial score (nSPS) is 14.9. The fourth-order valence-electron chi connectivity index (χ4n) is 10.6. The third-order valence-electron chi connectivity index (χ3n) is 17.0. The maximum Gasteiger partial charge on any atom is 0.472 e. The molecule has 0 bridgehead atoms. The van der Waals surface area contributed by atoms with Gasteiger partial charge in [-0.1, -0.05) is 299 Å². The maximum absolute atomic E-state index is 13.0. The first-order valence-corrected chi connectivity index (χ1v) is 39.8. The van der Waals surface area contributed by atoms with Crippen LogP contribution in [0.15, 0.2) is 0 Å². The lowest BCUT2D eigenvalue weighted by Gasteiger charge is -2.21. The highest BCUT2D eigenvalue weighted by molar-refractivity contribution is 7.47. The Labute approximate surface area is 549 Å². The number of unbranched alkanes of at least 4 members (excludes halogenated alkanes) is 32. The summed E-state index contributed by atoms with van der Waals surface area (Å²) in [6.45, 7) is 14.1. The Morgan fingerprint density at radius 1 is 0.311 bits per heavy atom. The first kappa shape index (κ1) is 88.1. The van der Waals surface area contributed by atoms with E-state index in [-0.39, 0.29) is 25.7 Å². The van der Waals surface area contributed by atoms with Gasteiger partial charge in [-0.05, 0) is 49.4 Å². The quantitative estimate of drug-likeness (QED) is 0.0222. The highest BCUT2D eigenvalue weighted by atomic mass is 31.2. The average molecular weight is 1330 g/mol. The topological polar surface area (TPSA) is 237 Å². The molecule has 17 nitrogen and oxygen atoms in total. The summed E-state index contributed by atoms with van der Waals surface area (Å²) < 4.78 is 68.3. The summed E-state index contributed by atoms with van der Waals surface area (Å²) in [7, 11) is -9.90. The number of ether oxygens (including phenoxy) is 4. The van der Waals surface area contributed by atoms with Gasteiger partial charge in [0.2, 0.25) is 0 Å². The van der Waals surface area contributed by atoms with E-state index in [4.69, 9.17) is 37.0 Å². The summed E-state index contributed by atoms with van der Waals surface area (Å²) in [5.41, 5.74) is 0. The van der Waals surface area contributed by atoms with Crippen molar-refractivity contribution < 1.29 is 80.2 Å². The summed E-state index contributed by atoms with van der Waals surface area (Å²) in [6.07, 6.45) is 43.1. The van der Waals surface area contributed by atoms with Gasteiger partial charge in [0.05, 0.1) is 26.4 Å². The number of carbonyl (C=O) groups is 4. The summed E-state index contributed by atoms with van der Waals surface area (Å²) in [5.74, 6) is 0.891. The van der Waals surface area contributed by atoms with Crippen LogP contribution >= 0.6 is 15.6 Å². The van der Waals surface area contributed by atoms with E-state index in [9.17, 15) is 43.2 Å². The molecule has 0 saturated heterocycles. The molecule has 0 amide bonds. The van der Waals surface area contributed by atoms with Gasteiger partial charge in [0.25, 0.3) is 0 Å². The number of phosphoric ester groups is 2. The molecule has 0 aliphatic heterocycles. The lowest BCUT2D eigenvalue weighted by atomic mass is 9.99. The largest absolute Gasteiger partial charge is 0.472 e. The van der Waals surface area contributed by atoms with Gasteiger partial charge in [0, 0.05) is 25.7 Å². The number of carbonyl (C=O) groups excluding carboxylic acids is 4. The minimum Gasteiger partial charge on any atom is -0.462 e. The monoisotopic (exact) mass is 1320 g/mol. The molecule has 19 heteroatoms. The van der Waals surface area contributed by atoms with E-state index in [1.54, 1.807) is 0 Å². The van der Waals surface area contributed by atoms with Crippen LogP contribution in [-0.4, -0.2) is 96.7 Å². The molecule has 0 saturated carbocycles. The molecular weight excluding hydrogens is 1190 g/mol. The van der Waals surface area contributed by atoms with Gasteiger partial charge in [-0.2, -0.15) is 0 Å². The van der Waals surface area contributed by atoms with Crippen LogP contribution in [0, 0.1) is 23.7 Å². The van der Waals surface area contributed by atoms with Crippen molar-refractivity contribution in [3.05, 3.63) is 0 Å². The van der Waals surface area contributed by atoms with Crippen LogP contribution in [0.4, 0.5) is 0 Å². The minimum absolute atomic E-state index is 0.103. The second-order valence-corrected chi connectivity index (χ2v) is 30.0. The number of aliphatic hydroxyl groups excluding tert-OH is 1. The zero-order valence-electron chi connectivity index (χ0n) is 58.8. The van der Waals surface area contributed by atoms with E-state index in [0.717, 1.165) is 114 Å². The molecule has 0 radical (unpaired) electrons. The number of esters is 4. The van der Waals surface area contributed by atoms with Crippen LogP contribution in [0.5, 0.6) is 0 Å². The van der Waals surface area contributed by atoms with Crippen LogP contribution in [0.25, 0.3) is 0 Å². The molecule has 4 unspecified atom stereocenters. The summed E-state index contributed by atoms with van der Waals surface area (Å²) in [6, 6.07) is 0. The Balaban J connectivity index is 5.25. The molecule has 0 rings (SSSR count). The number of hydrogen-bond acceptors (Lipinski definition) is 15. The van der Waals surface area contributed by atoms with Crippen molar-refractivity contribution in [2.24, 2.45) is 23.7 Å². The predicted molar refractivity (Wildman–Crippen MR) is 363 cm³/mol. The maximum atomic E-state index is 13.0. The van der Waals surface area contributed by atoms with Crippen molar-refractivity contribution in [3.63, 3.8) is 0 Å². The molecule has 0 heterocycles. The van der Waals surface area contributed by atoms with Crippen molar-refractivity contribution in [2.45, 2.75) is 369 Å². The number of hydrogen-bond donors (Lipinski definition) is 3. The van der Waals surface area contributed by atoms with Crippen LogP contribution in [0.3, 0.4) is 0 Å². The molecule has 534 valence electrons. The Morgan fingerprint density at radius 3 is 0.789 bits per heavy atom. The first-order valence-electron chi connectivity index (χ1n) is 36.8. The zero-order chi connectivity index (χ0) is 66.8. The molecular formula is C71H138O17P2. The molecule has 0 aromatic heterocycles. The predicted octanol–water partition coefficient (Wildman–Crippen LogP) is 20.1. The minimum atomic E-state index is -4.95. The Morgan fingerprint density at radius 2 is 0.533 bits per heavy atom. The zero-order valence-corrected chi connectivity index (χ0v) is 60.6. The molecule has 0 aliphatic carbocycles. The van der Waals surface area contributed by atoms with Gasteiger partial charge in [-0.15, -0.1) is 0 Å². The molecule has 0 aromatic carbocycles. The molecule has 90 heavy (non-hydrogen) atoms. The van der Waals surface area contributed by atoms with E-state index in [1.807, 2.05) is 0 Å². The van der Waals surface area contributed by atoms with E-state index in [2.05, 4.69) is 55.4 Å². The van der Waals surface area contributed by atoms with E-state index in [0.29, 0.717) is 31.6 Å². The van der Waals surface area contributed by atoms with Crippen LogP contribution < -0.4 is 0 Å². The summed E-state index contributed by atoms with van der Waals surface area (Å²) >= 11 is 0. The molecule has 0 spiro atoms. The third kappa shape index (κ3) is 62.2. The van der Waals surface area contributed by atoms with Gasteiger partial charge in [0.15, 0.2) is 12.2 Å². The van der Waals surface area contributed by atoms with Crippen molar-refractivity contribution in [1.82, 2.24) is 0 Å². The number of phosphoric acid groups is 2. The smallest absolute Gasteiger partial charge is 0.462 e. The fourth-order valence-corrected chi connectivity index (χ4v) is 12.2. The third-order valence-corrected chi connectivity index (χ3v) is 18.9. The van der Waals surface area contributed by atoms with E-state index in [1.165, 1.54) is 148 Å². The molecule has 0 aromatic rings. The average Bonchev–Trinajstić information content (AvgIpc) is 3.70. The SMILES string of the molecule is CCC(C)CCCCCCCCCCC(=O)OC[C@H](COP(=O)(O)OC[C@@H](O)COP(=O)(O)OC[C@@H](COC(=O)CCCCCCCCC(C)C)OC(=O)CCCCCCCCCCC(C)CC)OC(=O)CCCCCCCCCCCCCCCCC(C)C. The summed E-state index contributed by atoms with van der Waals surface area (Å²) in [5, 5.41) is 10.6. The van der Waals surface area contributed by atoms with Crippen molar-refractivity contribution in [1.29, 1.82) is 0 Å². The molecule has 7 atom stereocenters. The Bertz CT molecular complexity index is 1790. The van der Waals surface area contributed by atoms with Crippen LogP contribution in [-0.2, 0) is 65.4 Å².